The number of carbonyl (C=O) groups excluding carboxylic acids is 1. The van der Waals surface area contributed by atoms with Crippen LogP contribution in [0.4, 0.5) is 10.1 Å². The highest BCUT2D eigenvalue weighted by Crippen LogP contribution is 2.58. The van der Waals surface area contributed by atoms with Gasteiger partial charge in [-0.3, -0.25) is 9.59 Å². The molecule has 1 fully saturated rings. The Bertz CT molecular complexity index is 559. The number of amides is 1. The first-order valence-electron chi connectivity index (χ1n) is 5.74. The van der Waals surface area contributed by atoms with Crippen molar-refractivity contribution in [2.24, 2.45) is 17.3 Å². The molecule has 19 heavy (non-hydrogen) atoms. The number of nitrogens with one attached hydrogen (secondary N) is 1. The topological polar surface area (TPSA) is 66.4 Å². The van der Waals surface area contributed by atoms with E-state index in [2.05, 4.69) is 21.2 Å². The van der Waals surface area contributed by atoms with E-state index in [4.69, 9.17) is 5.11 Å². The number of hydrogen-bond donors (Lipinski definition) is 2. The van der Waals surface area contributed by atoms with E-state index in [-0.39, 0.29) is 0 Å². The predicted molar refractivity (Wildman–Crippen MR) is 71.1 cm³/mol. The van der Waals surface area contributed by atoms with Crippen LogP contribution in [0.1, 0.15) is 13.8 Å². The van der Waals surface area contributed by atoms with Crippen LogP contribution < -0.4 is 5.32 Å². The molecule has 1 aliphatic carbocycles. The second kappa shape index (κ2) is 4.59. The minimum absolute atomic E-state index is 0.303. The number of halogens is 2. The average Bonchev–Trinajstić information content (AvgIpc) is 2.87. The van der Waals surface area contributed by atoms with Crippen LogP contribution in [0.15, 0.2) is 22.7 Å². The van der Waals surface area contributed by atoms with Crippen molar-refractivity contribution in [1.29, 1.82) is 0 Å². The molecule has 0 saturated heterocycles. The van der Waals surface area contributed by atoms with Gasteiger partial charge in [-0.05, 0) is 39.5 Å². The molecule has 0 aliphatic heterocycles. The molecule has 102 valence electrons. The number of aliphatic carboxylic acids is 1. The van der Waals surface area contributed by atoms with Gasteiger partial charge in [0.05, 0.1) is 17.5 Å². The summed E-state index contributed by atoms with van der Waals surface area (Å²) in [7, 11) is 0. The Hall–Kier alpha value is -1.43. The number of carboxylic acid groups (broad SMARTS) is 1. The lowest BCUT2D eigenvalue weighted by Crippen LogP contribution is -2.18. The Kier molecular flexibility index (Phi) is 3.38. The highest BCUT2D eigenvalue weighted by atomic mass is 79.9. The fourth-order valence-electron chi connectivity index (χ4n) is 2.39. The molecule has 1 aromatic carbocycles. The maximum atomic E-state index is 13.1. The second-order valence-electron chi connectivity index (χ2n) is 5.23. The highest BCUT2D eigenvalue weighted by Gasteiger charge is 2.65. The number of benzene rings is 1. The van der Waals surface area contributed by atoms with E-state index in [9.17, 15) is 14.0 Å². The van der Waals surface area contributed by atoms with Crippen LogP contribution in [0.3, 0.4) is 0 Å². The molecule has 0 spiro atoms. The zero-order valence-corrected chi connectivity index (χ0v) is 12.0. The number of carbonyl (C=O) groups is 2. The summed E-state index contributed by atoms with van der Waals surface area (Å²) < 4.78 is 13.7. The van der Waals surface area contributed by atoms with E-state index in [1.54, 1.807) is 13.8 Å². The zero-order chi connectivity index (χ0) is 14.4. The number of hydrogen-bond acceptors (Lipinski definition) is 2. The molecule has 0 bridgehead atoms. The molecule has 2 atom stereocenters. The van der Waals surface area contributed by atoms with Crippen molar-refractivity contribution >= 4 is 33.5 Å². The molecule has 1 aromatic rings. The summed E-state index contributed by atoms with van der Waals surface area (Å²) in [5, 5.41) is 11.6. The number of carboxylic acids is 1. The quantitative estimate of drug-likeness (QED) is 0.896. The fourth-order valence-corrected chi connectivity index (χ4v) is 2.74. The van der Waals surface area contributed by atoms with Crippen molar-refractivity contribution in [2.45, 2.75) is 13.8 Å². The fraction of sp³-hybridized carbons (Fsp3) is 0.385. The van der Waals surface area contributed by atoms with Crippen molar-refractivity contribution in [3.63, 3.8) is 0 Å². The lowest BCUT2D eigenvalue weighted by Gasteiger charge is -2.08. The molecule has 2 N–H and O–H groups in total. The number of anilines is 1. The molecule has 0 unspecified atom stereocenters. The normalized spacial score (nSPS) is 23.8. The summed E-state index contributed by atoms with van der Waals surface area (Å²) in [5.41, 5.74) is -0.271. The van der Waals surface area contributed by atoms with Gasteiger partial charge >= 0.3 is 5.97 Å². The van der Waals surface area contributed by atoms with Crippen molar-refractivity contribution < 1.29 is 19.1 Å². The van der Waals surface area contributed by atoms with E-state index in [0.29, 0.717) is 10.2 Å². The van der Waals surface area contributed by atoms with Crippen molar-refractivity contribution in [3.8, 4) is 0 Å². The van der Waals surface area contributed by atoms with Gasteiger partial charge in [0, 0.05) is 4.47 Å². The largest absolute Gasteiger partial charge is 0.481 e. The van der Waals surface area contributed by atoms with Gasteiger partial charge < -0.3 is 10.4 Å². The highest BCUT2D eigenvalue weighted by molar-refractivity contribution is 9.10. The van der Waals surface area contributed by atoms with Crippen molar-refractivity contribution in [2.75, 3.05) is 5.32 Å². The second-order valence-corrected chi connectivity index (χ2v) is 6.08. The molecule has 0 heterocycles. The molecular formula is C13H13BrFNO3. The monoisotopic (exact) mass is 329 g/mol. The van der Waals surface area contributed by atoms with Gasteiger partial charge in [0.2, 0.25) is 5.91 Å². The molecule has 2 rings (SSSR count). The van der Waals surface area contributed by atoms with Gasteiger partial charge in [-0.2, -0.15) is 0 Å². The smallest absolute Gasteiger partial charge is 0.307 e. The molecule has 0 radical (unpaired) electrons. The summed E-state index contributed by atoms with van der Waals surface area (Å²) in [6, 6.07) is 3.94. The van der Waals surface area contributed by atoms with Gasteiger partial charge in [-0.1, -0.05) is 13.8 Å². The molecule has 1 aliphatic rings. The third-order valence-corrected chi connectivity index (χ3v) is 4.25. The van der Waals surface area contributed by atoms with Gasteiger partial charge in [0.1, 0.15) is 5.82 Å². The first-order chi connectivity index (χ1) is 8.75. The lowest BCUT2D eigenvalue weighted by atomic mass is 10.1. The first-order valence-corrected chi connectivity index (χ1v) is 6.53. The summed E-state index contributed by atoms with van der Waals surface area (Å²) in [4.78, 5) is 23.1. The van der Waals surface area contributed by atoms with Gasteiger partial charge in [0.25, 0.3) is 0 Å². The van der Waals surface area contributed by atoms with E-state index in [1.165, 1.54) is 18.2 Å². The Morgan fingerprint density at radius 2 is 2.00 bits per heavy atom. The minimum atomic E-state index is -0.983. The maximum absolute atomic E-state index is 13.1. The summed E-state index contributed by atoms with van der Waals surface area (Å²) in [6.07, 6.45) is 0. The summed E-state index contributed by atoms with van der Waals surface area (Å²) in [5.74, 6) is -3.14. The SMILES string of the molecule is CC1(C)[C@H](C(=O)O)[C@@H]1C(=O)Nc1cc(F)ccc1Br. The maximum Gasteiger partial charge on any atom is 0.307 e. The summed E-state index contributed by atoms with van der Waals surface area (Å²) >= 11 is 3.20. The Labute approximate surface area is 118 Å². The van der Waals surface area contributed by atoms with Crippen LogP contribution in [-0.4, -0.2) is 17.0 Å². The Morgan fingerprint density at radius 1 is 1.37 bits per heavy atom. The first kappa shape index (κ1) is 14.0. The van der Waals surface area contributed by atoms with Crippen LogP contribution >= 0.6 is 15.9 Å². The molecular weight excluding hydrogens is 317 g/mol. The summed E-state index contributed by atoms with van der Waals surface area (Å²) in [6.45, 7) is 3.47. The third-order valence-electron chi connectivity index (χ3n) is 3.56. The Morgan fingerprint density at radius 3 is 2.53 bits per heavy atom. The average molecular weight is 330 g/mol. The molecule has 1 amide bonds. The van der Waals surface area contributed by atoms with Gasteiger partial charge in [-0.15, -0.1) is 0 Å². The van der Waals surface area contributed by atoms with E-state index in [0.717, 1.165) is 0 Å². The molecule has 1 saturated carbocycles. The minimum Gasteiger partial charge on any atom is -0.481 e. The zero-order valence-electron chi connectivity index (χ0n) is 10.4. The van der Waals surface area contributed by atoms with Crippen molar-refractivity contribution in [1.82, 2.24) is 0 Å². The van der Waals surface area contributed by atoms with Gasteiger partial charge in [0.15, 0.2) is 0 Å². The van der Waals surface area contributed by atoms with Crippen LogP contribution in [0, 0.1) is 23.1 Å². The molecule has 6 heteroatoms. The van der Waals surface area contributed by atoms with Crippen molar-refractivity contribution in [3.05, 3.63) is 28.5 Å². The Balaban J connectivity index is 2.15. The molecule has 4 nitrogen and oxygen atoms in total. The molecule has 0 aromatic heterocycles. The predicted octanol–water partition coefficient (Wildman–Crippen LogP) is 2.88. The van der Waals surface area contributed by atoms with Crippen LogP contribution in [0.5, 0.6) is 0 Å². The van der Waals surface area contributed by atoms with Crippen LogP contribution in [0.25, 0.3) is 0 Å². The van der Waals surface area contributed by atoms with Crippen LogP contribution in [0.2, 0.25) is 0 Å². The van der Waals surface area contributed by atoms with Gasteiger partial charge in [-0.25, -0.2) is 4.39 Å². The number of rotatable bonds is 3. The van der Waals surface area contributed by atoms with E-state index < -0.39 is 34.9 Å². The lowest BCUT2D eigenvalue weighted by molar-refractivity contribution is -0.140. The van der Waals surface area contributed by atoms with E-state index >= 15 is 0 Å². The standard InChI is InChI=1S/C13H13BrFNO3/c1-13(2)9(10(13)12(18)19)11(17)16-8-5-6(15)3-4-7(8)14/h3-5,9-10H,1-2H3,(H,16,17)(H,18,19)/t9-,10+/m1/s1. The van der Waals surface area contributed by atoms with Crippen LogP contribution in [-0.2, 0) is 9.59 Å². The third kappa shape index (κ3) is 2.49. The van der Waals surface area contributed by atoms with E-state index in [1.807, 2.05) is 0 Å².